The van der Waals surface area contributed by atoms with E-state index in [0.717, 1.165) is 23.4 Å². The molecule has 0 radical (unpaired) electrons. The number of aryl methyl sites for hydroxylation is 2. The lowest BCUT2D eigenvalue weighted by molar-refractivity contribution is 0.102. The molecule has 2 unspecified atom stereocenters. The van der Waals surface area contributed by atoms with Gasteiger partial charge in [0.15, 0.2) is 0 Å². The van der Waals surface area contributed by atoms with Gasteiger partial charge in [0.1, 0.15) is 6.10 Å². The van der Waals surface area contributed by atoms with Gasteiger partial charge in [0, 0.05) is 5.69 Å². The van der Waals surface area contributed by atoms with Crippen LogP contribution in [0.2, 0.25) is 0 Å². The van der Waals surface area contributed by atoms with Gasteiger partial charge in [-0.3, -0.25) is 4.68 Å². The fourth-order valence-electron chi connectivity index (χ4n) is 2.38. The van der Waals surface area contributed by atoms with Gasteiger partial charge in [0.2, 0.25) is 0 Å². The molecule has 3 heteroatoms. The van der Waals surface area contributed by atoms with Crippen molar-refractivity contribution in [3.8, 4) is 0 Å². The van der Waals surface area contributed by atoms with Gasteiger partial charge in [-0.2, -0.15) is 5.10 Å². The standard InChI is InChI=1S/C15H20N2O/c1-4-14(17-12(3)10-11(2)16-17)15(18)13-8-6-5-7-9-13/h5-10,14-15,18H,4H2,1-3H3. The maximum atomic E-state index is 10.5. The first-order chi connectivity index (χ1) is 8.63. The first-order valence-corrected chi connectivity index (χ1v) is 6.39. The minimum atomic E-state index is -0.519. The summed E-state index contributed by atoms with van der Waals surface area (Å²) in [5, 5.41) is 15.0. The van der Waals surface area contributed by atoms with Gasteiger partial charge in [0.05, 0.1) is 11.7 Å². The third kappa shape index (κ3) is 2.46. The van der Waals surface area contributed by atoms with Gasteiger partial charge in [-0.25, -0.2) is 0 Å². The molecular weight excluding hydrogens is 224 g/mol. The van der Waals surface area contributed by atoms with Crippen molar-refractivity contribution >= 4 is 0 Å². The molecule has 0 bridgehead atoms. The number of rotatable bonds is 4. The molecule has 18 heavy (non-hydrogen) atoms. The predicted octanol–water partition coefficient (Wildman–Crippen LogP) is 3.18. The van der Waals surface area contributed by atoms with Gasteiger partial charge in [-0.15, -0.1) is 0 Å². The Kier molecular flexibility index (Phi) is 3.82. The summed E-state index contributed by atoms with van der Waals surface area (Å²) in [6, 6.07) is 11.8. The Bertz CT molecular complexity index is 504. The van der Waals surface area contributed by atoms with Crippen molar-refractivity contribution in [3.63, 3.8) is 0 Å². The van der Waals surface area contributed by atoms with Crippen LogP contribution in [-0.2, 0) is 0 Å². The van der Waals surface area contributed by atoms with Gasteiger partial charge >= 0.3 is 0 Å². The molecule has 2 atom stereocenters. The van der Waals surface area contributed by atoms with Crippen LogP contribution < -0.4 is 0 Å². The van der Waals surface area contributed by atoms with Crippen molar-refractivity contribution in [2.24, 2.45) is 0 Å². The highest BCUT2D eigenvalue weighted by molar-refractivity contribution is 5.19. The summed E-state index contributed by atoms with van der Waals surface area (Å²) in [6.07, 6.45) is 0.326. The minimum Gasteiger partial charge on any atom is -0.386 e. The van der Waals surface area contributed by atoms with Crippen LogP contribution in [-0.4, -0.2) is 14.9 Å². The Morgan fingerprint density at radius 1 is 1.22 bits per heavy atom. The third-order valence-corrected chi connectivity index (χ3v) is 3.28. The van der Waals surface area contributed by atoms with Crippen molar-refractivity contribution in [1.82, 2.24) is 9.78 Å². The normalized spacial score (nSPS) is 14.4. The number of hydrogen-bond acceptors (Lipinski definition) is 2. The van der Waals surface area contributed by atoms with Crippen LogP contribution >= 0.6 is 0 Å². The number of benzene rings is 1. The first kappa shape index (κ1) is 12.8. The molecule has 1 N–H and O–H groups in total. The first-order valence-electron chi connectivity index (χ1n) is 6.39. The lowest BCUT2D eigenvalue weighted by atomic mass is 10.0. The van der Waals surface area contributed by atoms with Crippen LogP contribution in [0.4, 0.5) is 0 Å². The number of aliphatic hydroxyl groups is 1. The molecule has 0 saturated carbocycles. The molecule has 1 aromatic carbocycles. The molecule has 2 rings (SSSR count). The molecule has 0 aliphatic rings. The third-order valence-electron chi connectivity index (χ3n) is 3.28. The molecule has 0 aliphatic carbocycles. The van der Waals surface area contributed by atoms with Crippen molar-refractivity contribution < 1.29 is 5.11 Å². The van der Waals surface area contributed by atoms with E-state index in [4.69, 9.17) is 0 Å². The molecule has 0 saturated heterocycles. The Labute approximate surface area is 108 Å². The van der Waals surface area contributed by atoms with Crippen LogP contribution in [0.5, 0.6) is 0 Å². The monoisotopic (exact) mass is 244 g/mol. The van der Waals surface area contributed by atoms with Gasteiger partial charge in [-0.05, 0) is 31.9 Å². The van der Waals surface area contributed by atoms with Gasteiger partial charge in [0.25, 0.3) is 0 Å². The molecule has 1 aromatic heterocycles. The number of aromatic nitrogens is 2. The van der Waals surface area contributed by atoms with E-state index in [0.29, 0.717) is 0 Å². The maximum Gasteiger partial charge on any atom is 0.101 e. The second kappa shape index (κ2) is 5.36. The Morgan fingerprint density at radius 3 is 2.39 bits per heavy atom. The largest absolute Gasteiger partial charge is 0.386 e. The molecule has 0 fully saturated rings. The van der Waals surface area contributed by atoms with Crippen molar-refractivity contribution in [2.45, 2.75) is 39.3 Å². The Morgan fingerprint density at radius 2 is 1.89 bits per heavy atom. The zero-order valence-electron chi connectivity index (χ0n) is 11.2. The topological polar surface area (TPSA) is 38.0 Å². The van der Waals surface area contributed by atoms with E-state index in [1.807, 2.05) is 54.9 Å². The molecule has 96 valence electrons. The average molecular weight is 244 g/mol. The molecular formula is C15H20N2O. The summed E-state index contributed by atoms with van der Waals surface area (Å²) in [5.41, 5.74) is 3.03. The highest BCUT2D eigenvalue weighted by atomic mass is 16.3. The Hall–Kier alpha value is -1.61. The summed E-state index contributed by atoms with van der Waals surface area (Å²) in [4.78, 5) is 0. The number of hydrogen-bond donors (Lipinski definition) is 1. The fourth-order valence-corrected chi connectivity index (χ4v) is 2.38. The summed E-state index contributed by atoms with van der Waals surface area (Å²) in [7, 11) is 0. The van der Waals surface area contributed by atoms with Crippen LogP contribution in [0.1, 0.15) is 42.4 Å². The number of aliphatic hydroxyl groups excluding tert-OH is 1. The predicted molar refractivity (Wildman–Crippen MR) is 72.4 cm³/mol. The quantitative estimate of drug-likeness (QED) is 0.897. The van der Waals surface area contributed by atoms with E-state index >= 15 is 0 Å². The van der Waals surface area contributed by atoms with E-state index in [1.165, 1.54) is 0 Å². The lowest BCUT2D eigenvalue weighted by Gasteiger charge is -2.23. The molecule has 0 amide bonds. The summed E-state index contributed by atoms with van der Waals surface area (Å²) >= 11 is 0. The summed E-state index contributed by atoms with van der Waals surface area (Å²) in [6.45, 7) is 6.08. The van der Waals surface area contributed by atoms with Crippen molar-refractivity contribution in [2.75, 3.05) is 0 Å². The SMILES string of the molecule is CCC(C(O)c1ccccc1)n1nc(C)cc1C. The molecule has 3 nitrogen and oxygen atoms in total. The van der Waals surface area contributed by atoms with Gasteiger partial charge < -0.3 is 5.11 Å². The fraction of sp³-hybridized carbons (Fsp3) is 0.400. The van der Waals surface area contributed by atoms with Crippen LogP contribution in [0.3, 0.4) is 0 Å². The van der Waals surface area contributed by atoms with Crippen molar-refractivity contribution in [1.29, 1.82) is 0 Å². The maximum absolute atomic E-state index is 10.5. The second-order valence-corrected chi connectivity index (χ2v) is 4.70. The summed E-state index contributed by atoms with van der Waals surface area (Å²) in [5.74, 6) is 0. The van der Waals surface area contributed by atoms with Crippen LogP contribution in [0.25, 0.3) is 0 Å². The zero-order valence-corrected chi connectivity index (χ0v) is 11.2. The van der Waals surface area contributed by atoms with Gasteiger partial charge in [-0.1, -0.05) is 37.3 Å². The van der Waals surface area contributed by atoms with E-state index in [1.54, 1.807) is 0 Å². The van der Waals surface area contributed by atoms with E-state index in [9.17, 15) is 5.11 Å². The van der Waals surface area contributed by atoms with E-state index in [2.05, 4.69) is 12.0 Å². The van der Waals surface area contributed by atoms with Crippen molar-refractivity contribution in [3.05, 3.63) is 53.3 Å². The highest BCUT2D eigenvalue weighted by Gasteiger charge is 2.22. The second-order valence-electron chi connectivity index (χ2n) is 4.70. The van der Waals surface area contributed by atoms with E-state index in [-0.39, 0.29) is 6.04 Å². The highest BCUT2D eigenvalue weighted by Crippen LogP contribution is 2.29. The molecule has 0 aliphatic heterocycles. The lowest BCUT2D eigenvalue weighted by Crippen LogP contribution is -2.19. The molecule has 0 spiro atoms. The molecule has 1 heterocycles. The van der Waals surface area contributed by atoms with E-state index < -0.39 is 6.10 Å². The zero-order chi connectivity index (χ0) is 13.1. The average Bonchev–Trinajstić information content (AvgIpc) is 2.70. The Balaban J connectivity index is 2.32. The summed E-state index contributed by atoms with van der Waals surface area (Å²) < 4.78 is 1.94. The minimum absolute atomic E-state index is 0.0129. The van der Waals surface area contributed by atoms with Crippen LogP contribution in [0.15, 0.2) is 36.4 Å². The smallest absolute Gasteiger partial charge is 0.101 e. The molecule has 2 aromatic rings. The number of nitrogens with zero attached hydrogens (tertiary/aromatic N) is 2. The van der Waals surface area contributed by atoms with Crippen LogP contribution in [0, 0.1) is 13.8 Å².